The number of hydrogen-bond acceptors (Lipinski definition) is 5. The normalized spacial score (nSPS) is 10.6. The summed E-state index contributed by atoms with van der Waals surface area (Å²) in [6, 6.07) is 15.9. The highest BCUT2D eigenvalue weighted by atomic mass is 14.9. The van der Waals surface area contributed by atoms with Gasteiger partial charge in [-0.2, -0.15) is 5.26 Å². The molecule has 0 saturated carbocycles. The quantitative estimate of drug-likeness (QED) is 0.538. The summed E-state index contributed by atoms with van der Waals surface area (Å²) in [6.07, 6.45) is 3.47. The molecule has 5 heteroatoms. The third-order valence-electron chi connectivity index (χ3n) is 4.59. The smallest absolute Gasteiger partial charge is 0.140 e. The number of nitriles is 1. The standard InChI is InChI=1S/C23H19N5/c1-14-8-15(2)23-20(9-14)22(10-16(3)27-23)28-19-6-7-21(26-13-19)17-4-5-18(11-24)25-12-17/h4-10,12-13H,1-3H3,(H,27,28). The van der Waals surface area contributed by atoms with Gasteiger partial charge in [0.05, 0.1) is 23.1 Å². The van der Waals surface area contributed by atoms with Gasteiger partial charge in [-0.1, -0.05) is 11.6 Å². The van der Waals surface area contributed by atoms with Crippen molar-refractivity contribution in [1.82, 2.24) is 15.0 Å². The van der Waals surface area contributed by atoms with E-state index in [0.29, 0.717) is 5.69 Å². The van der Waals surface area contributed by atoms with Crippen LogP contribution in [0.25, 0.3) is 22.2 Å². The molecule has 0 unspecified atom stereocenters. The number of aromatic nitrogens is 3. The molecule has 0 saturated heterocycles. The Balaban J connectivity index is 1.67. The van der Waals surface area contributed by atoms with Gasteiger partial charge in [0.2, 0.25) is 0 Å². The number of fused-ring (bicyclic) bond motifs is 1. The lowest BCUT2D eigenvalue weighted by Crippen LogP contribution is -1.97. The lowest BCUT2D eigenvalue weighted by atomic mass is 10.0. The molecule has 28 heavy (non-hydrogen) atoms. The number of anilines is 2. The molecule has 3 aromatic heterocycles. The molecule has 0 fully saturated rings. The molecule has 3 heterocycles. The van der Waals surface area contributed by atoms with E-state index in [4.69, 9.17) is 10.2 Å². The van der Waals surface area contributed by atoms with Crippen molar-refractivity contribution < 1.29 is 0 Å². The van der Waals surface area contributed by atoms with Gasteiger partial charge in [-0.05, 0) is 62.7 Å². The first kappa shape index (κ1) is 17.6. The first-order valence-electron chi connectivity index (χ1n) is 9.02. The zero-order valence-corrected chi connectivity index (χ0v) is 16.0. The number of nitrogens with one attached hydrogen (secondary N) is 1. The Labute approximate surface area is 163 Å². The maximum atomic E-state index is 8.86. The van der Waals surface area contributed by atoms with Crippen molar-refractivity contribution in [3.63, 3.8) is 0 Å². The summed E-state index contributed by atoms with van der Waals surface area (Å²) in [4.78, 5) is 13.3. The van der Waals surface area contributed by atoms with Crippen molar-refractivity contribution in [3.05, 3.63) is 77.4 Å². The molecule has 0 aliphatic carbocycles. The van der Waals surface area contributed by atoms with Crippen molar-refractivity contribution in [2.75, 3.05) is 5.32 Å². The molecular formula is C23H19N5. The van der Waals surface area contributed by atoms with E-state index in [2.05, 4.69) is 47.3 Å². The van der Waals surface area contributed by atoms with Crippen LogP contribution in [0.15, 0.2) is 54.9 Å². The van der Waals surface area contributed by atoms with Gasteiger partial charge in [0.1, 0.15) is 11.8 Å². The van der Waals surface area contributed by atoms with E-state index in [1.54, 1.807) is 18.5 Å². The Morgan fingerprint density at radius 2 is 1.79 bits per heavy atom. The van der Waals surface area contributed by atoms with Crippen LogP contribution in [0, 0.1) is 32.1 Å². The third kappa shape index (κ3) is 3.40. The van der Waals surface area contributed by atoms with Gasteiger partial charge < -0.3 is 5.32 Å². The molecule has 0 aliphatic rings. The highest BCUT2D eigenvalue weighted by molar-refractivity contribution is 5.95. The Hall–Kier alpha value is -3.78. The summed E-state index contributed by atoms with van der Waals surface area (Å²) in [5.74, 6) is 0. The van der Waals surface area contributed by atoms with Gasteiger partial charge in [0.15, 0.2) is 0 Å². The Bertz CT molecular complexity index is 1200. The van der Waals surface area contributed by atoms with E-state index in [0.717, 1.165) is 39.2 Å². The maximum absolute atomic E-state index is 8.86. The van der Waals surface area contributed by atoms with Crippen molar-refractivity contribution in [3.8, 4) is 17.3 Å². The minimum absolute atomic E-state index is 0.396. The van der Waals surface area contributed by atoms with Gasteiger partial charge in [-0.15, -0.1) is 0 Å². The zero-order chi connectivity index (χ0) is 19.7. The molecule has 1 aromatic carbocycles. The van der Waals surface area contributed by atoms with Gasteiger partial charge in [-0.3, -0.25) is 9.97 Å². The average Bonchev–Trinajstić information content (AvgIpc) is 2.69. The van der Waals surface area contributed by atoms with Crippen LogP contribution in [0.1, 0.15) is 22.5 Å². The van der Waals surface area contributed by atoms with E-state index in [9.17, 15) is 0 Å². The second-order valence-corrected chi connectivity index (χ2v) is 6.89. The first-order chi connectivity index (χ1) is 13.5. The molecular weight excluding hydrogens is 346 g/mol. The molecule has 136 valence electrons. The number of hydrogen-bond donors (Lipinski definition) is 1. The molecule has 0 spiro atoms. The number of pyridine rings is 3. The number of nitrogens with zero attached hydrogens (tertiary/aromatic N) is 4. The van der Waals surface area contributed by atoms with E-state index in [-0.39, 0.29) is 0 Å². The molecule has 0 amide bonds. The predicted molar refractivity (Wildman–Crippen MR) is 111 cm³/mol. The maximum Gasteiger partial charge on any atom is 0.140 e. The summed E-state index contributed by atoms with van der Waals surface area (Å²) in [5, 5.41) is 13.4. The topological polar surface area (TPSA) is 74.5 Å². The highest BCUT2D eigenvalue weighted by Gasteiger charge is 2.08. The van der Waals surface area contributed by atoms with E-state index in [1.807, 2.05) is 31.2 Å². The Kier molecular flexibility index (Phi) is 4.46. The van der Waals surface area contributed by atoms with Crippen LogP contribution >= 0.6 is 0 Å². The van der Waals surface area contributed by atoms with Crippen LogP contribution in [0.3, 0.4) is 0 Å². The second-order valence-electron chi connectivity index (χ2n) is 6.89. The molecule has 4 rings (SSSR count). The fraction of sp³-hybridized carbons (Fsp3) is 0.130. The molecule has 0 atom stereocenters. The Morgan fingerprint density at radius 1 is 0.929 bits per heavy atom. The number of benzene rings is 1. The van der Waals surface area contributed by atoms with Gasteiger partial charge in [-0.25, -0.2) is 4.98 Å². The summed E-state index contributed by atoms with van der Waals surface area (Å²) in [6.45, 7) is 6.19. The van der Waals surface area contributed by atoms with Crippen LogP contribution < -0.4 is 5.32 Å². The summed E-state index contributed by atoms with van der Waals surface area (Å²) in [5.41, 5.74) is 8.36. The van der Waals surface area contributed by atoms with Gasteiger partial charge in [0.25, 0.3) is 0 Å². The Morgan fingerprint density at radius 3 is 2.46 bits per heavy atom. The highest BCUT2D eigenvalue weighted by Crippen LogP contribution is 2.29. The van der Waals surface area contributed by atoms with E-state index >= 15 is 0 Å². The number of rotatable bonds is 3. The molecule has 0 bridgehead atoms. The molecule has 5 nitrogen and oxygen atoms in total. The van der Waals surface area contributed by atoms with Crippen molar-refractivity contribution in [1.29, 1.82) is 5.26 Å². The summed E-state index contributed by atoms with van der Waals surface area (Å²) < 4.78 is 0. The van der Waals surface area contributed by atoms with Crippen LogP contribution in [-0.2, 0) is 0 Å². The minimum atomic E-state index is 0.396. The predicted octanol–water partition coefficient (Wildman–Crippen LogP) is 5.23. The third-order valence-corrected chi connectivity index (χ3v) is 4.59. The second kappa shape index (κ2) is 7.09. The molecule has 0 aliphatic heterocycles. The van der Waals surface area contributed by atoms with Gasteiger partial charge in [0, 0.05) is 28.5 Å². The lowest BCUT2D eigenvalue weighted by Gasteiger charge is -2.13. The molecule has 1 N–H and O–H groups in total. The average molecular weight is 365 g/mol. The van der Waals surface area contributed by atoms with Crippen molar-refractivity contribution in [2.24, 2.45) is 0 Å². The van der Waals surface area contributed by atoms with E-state index < -0.39 is 0 Å². The fourth-order valence-corrected chi connectivity index (χ4v) is 3.32. The van der Waals surface area contributed by atoms with Crippen molar-refractivity contribution in [2.45, 2.75) is 20.8 Å². The largest absolute Gasteiger partial charge is 0.354 e. The van der Waals surface area contributed by atoms with Crippen LogP contribution in [-0.4, -0.2) is 15.0 Å². The lowest BCUT2D eigenvalue weighted by molar-refractivity contribution is 1.23. The molecule has 4 aromatic rings. The van der Waals surface area contributed by atoms with Crippen LogP contribution in [0.2, 0.25) is 0 Å². The summed E-state index contributed by atoms with van der Waals surface area (Å²) in [7, 11) is 0. The van der Waals surface area contributed by atoms with Gasteiger partial charge >= 0.3 is 0 Å². The number of aryl methyl sites for hydroxylation is 3. The SMILES string of the molecule is Cc1cc(C)c2nc(C)cc(Nc3ccc(-c4ccc(C#N)nc4)nc3)c2c1. The minimum Gasteiger partial charge on any atom is -0.354 e. The van der Waals surface area contributed by atoms with Crippen molar-refractivity contribution >= 4 is 22.3 Å². The molecule has 0 radical (unpaired) electrons. The van der Waals surface area contributed by atoms with Crippen LogP contribution in [0.5, 0.6) is 0 Å². The first-order valence-corrected chi connectivity index (χ1v) is 9.02. The van der Waals surface area contributed by atoms with Crippen LogP contribution in [0.4, 0.5) is 11.4 Å². The van der Waals surface area contributed by atoms with E-state index in [1.165, 1.54) is 11.1 Å². The monoisotopic (exact) mass is 365 g/mol. The fourth-order valence-electron chi connectivity index (χ4n) is 3.32. The zero-order valence-electron chi connectivity index (χ0n) is 16.0. The summed E-state index contributed by atoms with van der Waals surface area (Å²) >= 11 is 0.